The largest absolute Gasteiger partial charge is 0.466 e. The Morgan fingerprint density at radius 2 is 1.62 bits per heavy atom. The maximum absolute atomic E-state index is 12.9. The molecule has 2 amide bonds. The van der Waals surface area contributed by atoms with Gasteiger partial charge in [-0.2, -0.15) is 0 Å². The Balaban J connectivity index is 1.64. The average Bonchev–Trinajstić information content (AvgIpc) is 3.02. The molecule has 0 radical (unpaired) electrons. The lowest BCUT2D eigenvalue weighted by Gasteiger charge is -2.33. The summed E-state index contributed by atoms with van der Waals surface area (Å²) in [6.45, 7) is 5.29. The Labute approximate surface area is 169 Å². The van der Waals surface area contributed by atoms with Gasteiger partial charge in [0.25, 0.3) is 5.91 Å². The first-order valence-corrected chi connectivity index (χ1v) is 10.0. The summed E-state index contributed by atoms with van der Waals surface area (Å²) in [4.78, 5) is 52.3. The first kappa shape index (κ1) is 21.0. The van der Waals surface area contributed by atoms with Crippen molar-refractivity contribution in [2.45, 2.75) is 39.2 Å². The van der Waals surface area contributed by atoms with Crippen LogP contribution in [0, 0.1) is 5.92 Å². The molecule has 156 valence electrons. The quantitative estimate of drug-likeness (QED) is 0.529. The molecular formula is C21H26N2O6. The number of carbonyl (C=O) groups is 4. The lowest BCUT2D eigenvalue weighted by atomic mass is 9.95. The highest BCUT2D eigenvalue weighted by Crippen LogP contribution is 2.29. The Morgan fingerprint density at radius 3 is 2.21 bits per heavy atom. The van der Waals surface area contributed by atoms with Crippen molar-refractivity contribution in [1.29, 1.82) is 0 Å². The number of carbonyl (C=O) groups excluding carboxylic acids is 4. The van der Waals surface area contributed by atoms with E-state index < -0.39 is 12.0 Å². The van der Waals surface area contributed by atoms with Crippen LogP contribution in [-0.2, 0) is 23.9 Å². The molecular weight excluding hydrogens is 376 g/mol. The van der Waals surface area contributed by atoms with E-state index >= 15 is 0 Å². The van der Waals surface area contributed by atoms with Gasteiger partial charge in [0.2, 0.25) is 5.91 Å². The van der Waals surface area contributed by atoms with E-state index in [-0.39, 0.29) is 36.7 Å². The van der Waals surface area contributed by atoms with Crippen LogP contribution in [0.5, 0.6) is 0 Å². The van der Waals surface area contributed by atoms with E-state index in [1.807, 2.05) is 4.90 Å². The minimum Gasteiger partial charge on any atom is -0.466 e. The number of piperidine rings is 1. The summed E-state index contributed by atoms with van der Waals surface area (Å²) in [6.07, 6.45) is 1.35. The first-order valence-electron chi connectivity index (χ1n) is 10.0. The van der Waals surface area contributed by atoms with Crippen LogP contribution < -0.4 is 4.90 Å². The van der Waals surface area contributed by atoms with Gasteiger partial charge in [0, 0.05) is 0 Å². The fraction of sp³-hybridized carbons (Fsp3) is 0.524. The van der Waals surface area contributed by atoms with Crippen molar-refractivity contribution in [2.24, 2.45) is 5.92 Å². The van der Waals surface area contributed by atoms with Crippen LogP contribution in [0.3, 0.4) is 0 Å². The highest BCUT2D eigenvalue weighted by Gasteiger charge is 2.44. The van der Waals surface area contributed by atoms with Crippen LogP contribution >= 0.6 is 0 Å². The first-order chi connectivity index (χ1) is 14.0. The highest BCUT2D eigenvalue weighted by atomic mass is 16.5. The van der Waals surface area contributed by atoms with Crippen LogP contribution in [0.1, 0.15) is 43.5 Å². The van der Waals surface area contributed by atoms with Gasteiger partial charge in [0.05, 0.1) is 42.8 Å². The Kier molecular flexibility index (Phi) is 6.64. The van der Waals surface area contributed by atoms with Gasteiger partial charge in [-0.05, 0) is 64.0 Å². The van der Waals surface area contributed by atoms with Crippen LogP contribution in [0.15, 0.2) is 24.3 Å². The molecule has 29 heavy (non-hydrogen) atoms. The molecule has 0 bridgehead atoms. The fourth-order valence-electron chi connectivity index (χ4n) is 3.84. The molecule has 8 nitrogen and oxygen atoms in total. The zero-order chi connectivity index (χ0) is 21.0. The van der Waals surface area contributed by atoms with Gasteiger partial charge in [0.15, 0.2) is 0 Å². The van der Waals surface area contributed by atoms with E-state index in [1.54, 1.807) is 38.1 Å². The number of esters is 2. The van der Waals surface area contributed by atoms with E-state index in [0.29, 0.717) is 43.8 Å². The predicted molar refractivity (Wildman–Crippen MR) is 104 cm³/mol. The summed E-state index contributed by atoms with van der Waals surface area (Å²) < 4.78 is 10.0. The van der Waals surface area contributed by atoms with Gasteiger partial charge in [-0.1, -0.05) is 0 Å². The van der Waals surface area contributed by atoms with Crippen molar-refractivity contribution >= 4 is 29.4 Å². The fourth-order valence-corrected chi connectivity index (χ4v) is 3.84. The molecule has 2 saturated heterocycles. The lowest BCUT2D eigenvalue weighted by molar-refractivity contribution is -0.149. The molecule has 0 N–H and O–H groups in total. The zero-order valence-corrected chi connectivity index (χ0v) is 16.8. The molecule has 0 saturated carbocycles. The van der Waals surface area contributed by atoms with Gasteiger partial charge < -0.3 is 9.47 Å². The summed E-state index contributed by atoms with van der Waals surface area (Å²) >= 11 is 0. The molecule has 0 unspecified atom stereocenters. The lowest BCUT2D eigenvalue weighted by Crippen LogP contribution is -2.47. The number of ether oxygens (including phenoxy) is 2. The molecule has 2 aliphatic rings. The molecule has 1 aromatic carbocycles. The highest BCUT2D eigenvalue weighted by molar-refractivity contribution is 6.22. The van der Waals surface area contributed by atoms with E-state index in [2.05, 4.69) is 0 Å². The topological polar surface area (TPSA) is 93.2 Å². The van der Waals surface area contributed by atoms with Crippen LogP contribution in [0.2, 0.25) is 0 Å². The van der Waals surface area contributed by atoms with Gasteiger partial charge in [-0.15, -0.1) is 0 Å². The zero-order valence-electron chi connectivity index (χ0n) is 16.8. The number of rotatable bonds is 6. The summed E-state index contributed by atoms with van der Waals surface area (Å²) in [5, 5.41) is 0. The third-order valence-corrected chi connectivity index (χ3v) is 5.35. The average molecular weight is 402 g/mol. The number of amides is 2. The molecule has 3 rings (SSSR count). The van der Waals surface area contributed by atoms with Crippen LogP contribution in [0.4, 0.5) is 5.69 Å². The second-order valence-electron chi connectivity index (χ2n) is 7.12. The Bertz CT molecular complexity index is 783. The minimum absolute atomic E-state index is 0.114. The van der Waals surface area contributed by atoms with E-state index in [9.17, 15) is 19.2 Å². The Morgan fingerprint density at radius 1 is 1.00 bits per heavy atom. The SMILES string of the molecule is CCOC(=O)c1ccc(N2C(=O)C[C@H](N3CCC(C(=O)OCC)CC3)C2=O)cc1. The summed E-state index contributed by atoms with van der Waals surface area (Å²) in [6, 6.07) is 5.74. The summed E-state index contributed by atoms with van der Waals surface area (Å²) in [7, 11) is 0. The number of hydrogen-bond acceptors (Lipinski definition) is 7. The normalized spacial score (nSPS) is 20.8. The van der Waals surface area contributed by atoms with E-state index in [4.69, 9.17) is 9.47 Å². The van der Waals surface area contributed by atoms with Gasteiger partial charge in [-0.3, -0.25) is 19.3 Å². The molecule has 0 aliphatic carbocycles. The molecule has 0 spiro atoms. The van der Waals surface area contributed by atoms with Gasteiger partial charge in [-0.25, -0.2) is 9.69 Å². The predicted octanol–water partition coefficient (Wildman–Crippen LogP) is 1.77. The summed E-state index contributed by atoms with van der Waals surface area (Å²) in [5.74, 6) is -1.32. The number of nitrogens with zero attached hydrogens (tertiary/aromatic N) is 2. The van der Waals surface area contributed by atoms with Crippen molar-refractivity contribution in [2.75, 3.05) is 31.2 Å². The van der Waals surface area contributed by atoms with Crippen molar-refractivity contribution in [3.63, 3.8) is 0 Å². The Hall–Kier alpha value is -2.74. The molecule has 8 heteroatoms. The summed E-state index contributed by atoms with van der Waals surface area (Å²) in [5.41, 5.74) is 0.809. The molecule has 1 atom stereocenters. The maximum atomic E-state index is 12.9. The van der Waals surface area contributed by atoms with Crippen molar-refractivity contribution in [1.82, 2.24) is 4.90 Å². The third kappa shape index (κ3) is 4.48. The molecule has 1 aromatic rings. The smallest absolute Gasteiger partial charge is 0.338 e. The van der Waals surface area contributed by atoms with E-state index in [1.165, 1.54) is 4.90 Å². The number of likely N-dealkylation sites (tertiary alicyclic amines) is 1. The van der Waals surface area contributed by atoms with E-state index in [0.717, 1.165) is 0 Å². The standard InChI is InChI=1S/C21H26N2O6/c1-3-28-20(26)14-5-7-16(8-6-14)23-18(24)13-17(19(23)25)22-11-9-15(10-12-22)21(27)29-4-2/h5-8,15,17H,3-4,9-13H2,1-2H3/t17-/m0/s1. The van der Waals surface area contributed by atoms with Crippen molar-refractivity contribution < 1.29 is 28.7 Å². The van der Waals surface area contributed by atoms with Crippen molar-refractivity contribution in [3.8, 4) is 0 Å². The maximum Gasteiger partial charge on any atom is 0.338 e. The van der Waals surface area contributed by atoms with Gasteiger partial charge in [0.1, 0.15) is 0 Å². The minimum atomic E-state index is -0.518. The van der Waals surface area contributed by atoms with Crippen molar-refractivity contribution in [3.05, 3.63) is 29.8 Å². The molecule has 2 fully saturated rings. The molecule has 0 aromatic heterocycles. The number of hydrogen-bond donors (Lipinski definition) is 0. The van der Waals surface area contributed by atoms with Crippen LogP contribution in [-0.4, -0.2) is 61.0 Å². The van der Waals surface area contributed by atoms with Crippen LogP contribution in [0.25, 0.3) is 0 Å². The third-order valence-electron chi connectivity index (χ3n) is 5.35. The molecule has 2 aliphatic heterocycles. The second kappa shape index (κ2) is 9.17. The second-order valence-corrected chi connectivity index (χ2v) is 7.12. The number of anilines is 1. The van der Waals surface area contributed by atoms with Gasteiger partial charge >= 0.3 is 11.9 Å². The monoisotopic (exact) mass is 402 g/mol. The molecule has 2 heterocycles. The number of imide groups is 1. The number of benzene rings is 1.